The Bertz CT molecular complexity index is 1190. The zero-order valence-corrected chi connectivity index (χ0v) is 18.0. The van der Waals surface area contributed by atoms with Crippen LogP contribution < -0.4 is 4.74 Å². The van der Waals surface area contributed by atoms with Gasteiger partial charge in [0, 0.05) is 51.1 Å². The minimum absolute atomic E-state index is 0. The number of nitrogens with zero attached hydrogens (tertiary/aromatic N) is 3. The number of ether oxygens (including phenoxy) is 2. The number of rotatable bonds is 2. The SMILES string of the molecule is Cn1ncc2c1-c1ccccc1OC21CCN(C(=O)c2ccc(C3(O)COC3)cc2)CC1.[HH]. The van der Waals surface area contributed by atoms with Gasteiger partial charge in [0.1, 0.15) is 17.0 Å². The lowest BCUT2D eigenvalue weighted by atomic mass is 9.81. The predicted molar refractivity (Wildman–Crippen MR) is 119 cm³/mol. The molecule has 4 heterocycles. The second kappa shape index (κ2) is 6.92. The molecule has 2 aromatic carbocycles. The maximum Gasteiger partial charge on any atom is 0.253 e. The van der Waals surface area contributed by atoms with Crippen molar-refractivity contribution in [1.82, 2.24) is 14.7 Å². The molecular formula is C25H27N3O4. The van der Waals surface area contributed by atoms with Crippen LogP contribution >= 0.6 is 0 Å². The van der Waals surface area contributed by atoms with E-state index >= 15 is 0 Å². The fourth-order valence-corrected chi connectivity index (χ4v) is 5.12. The van der Waals surface area contributed by atoms with Crippen LogP contribution in [0.4, 0.5) is 0 Å². The molecule has 1 N–H and O–H groups in total. The Hall–Kier alpha value is -3.16. The summed E-state index contributed by atoms with van der Waals surface area (Å²) in [7, 11) is 1.96. The van der Waals surface area contributed by atoms with E-state index in [0.29, 0.717) is 44.7 Å². The van der Waals surface area contributed by atoms with Crippen LogP contribution in [-0.2, 0) is 23.0 Å². The number of hydrogen-bond acceptors (Lipinski definition) is 5. The van der Waals surface area contributed by atoms with E-state index in [-0.39, 0.29) is 7.33 Å². The predicted octanol–water partition coefficient (Wildman–Crippen LogP) is 3.07. The quantitative estimate of drug-likeness (QED) is 0.672. The highest BCUT2D eigenvalue weighted by atomic mass is 16.5. The molecule has 0 radical (unpaired) electrons. The smallest absolute Gasteiger partial charge is 0.253 e. The van der Waals surface area contributed by atoms with Crippen molar-refractivity contribution in [2.24, 2.45) is 7.05 Å². The number of fused-ring (bicyclic) bond motifs is 4. The van der Waals surface area contributed by atoms with E-state index in [9.17, 15) is 9.90 Å². The Balaban J connectivity index is 0.00000228. The molecule has 2 fully saturated rings. The average Bonchev–Trinajstić information content (AvgIpc) is 3.21. The van der Waals surface area contributed by atoms with Gasteiger partial charge in [-0.25, -0.2) is 0 Å². The summed E-state index contributed by atoms with van der Waals surface area (Å²) < 4.78 is 13.6. The number of aliphatic hydroxyl groups is 1. The fourth-order valence-electron chi connectivity index (χ4n) is 5.12. The summed E-state index contributed by atoms with van der Waals surface area (Å²) in [5.74, 6) is 0.878. The van der Waals surface area contributed by atoms with Crippen molar-refractivity contribution in [3.8, 4) is 17.0 Å². The van der Waals surface area contributed by atoms with Crippen molar-refractivity contribution in [2.75, 3.05) is 26.3 Å². The van der Waals surface area contributed by atoms with Crippen LogP contribution in [0.1, 0.15) is 35.8 Å². The molecule has 1 spiro atoms. The summed E-state index contributed by atoms with van der Waals surface area (Å²) in [6.07, 6.45) is 3.33. The van der Waals surface area contributed by atoms with Gasteiger partial charge in [-0.2, -0.15) is 5.10 Å². The minimum Gasteiger partial charge on any atom is -0.482 e. The lowest BCUT2D eigenvalue weighted by Gasteiger charge is -2.44. The van der Waals surface area contributed by atoms with Crippen molar-refractivity contribution in [2.45, 2.75) is 24.0 Å². The molecule has 3 aliphatic rings. The number of carbonyl (C=O) groups is 1. The van der Waals surface area contributed by atoms with Gasteiger partial charge in [-0.3, -0.25) is 9.48 Å². The van der Waals surface area contributed by atoms with Crippen LogP contribution in [0.5, 0.6) is 5.75 Å². The summed E-state index contributed by atoms with van der Waals surface area (Å²) in [4.78, 5) is 15.0. The fraction of sp³-hybridized carbons (Fsp3) is 0.360. The number of para-hydroxylation sites is 1. The van der Waals surface area contributed by atoms with E-state index in [1.54, 1.807) is 12.1 Å². The van der Waals surface area contributed by atoms with Crippen LogP contribution in [0.3, 0.4) is 0 Å². The van der Waals surface area contributed by atoms with Gasteiger partial charge in [0.2, 0.25) is 0 Å². The van der Waals surface area contributed by atoms with Gasteiger partial charge in [-0.1, -0.05) is 24.3 Å². The number of likely N-dealkylation sites (tertiary alicyclic amines) is 1. The number of piperidine rings is 1. The van der Waals surface area contributed by atoms with Crippen molar-refractivity contribution in [3.05, 3.63) is 71.4 Å². The highest BCUT2D eigenvalue weighted by Crippen LogP contribution is 2.49. The molecule has 0 aliphatic carbocycles. The molecule has 7 heteroatoms. The van der Waals surface area contributed by atoms with Crippen LogP contribution in [-0.4, -0.2) is 52.0 Å². The maximum absolute atomic E-state index is 13.1. The number of hydrogen-bond donors (Lipinski definition) is 1. The molecular weight excluding hydrogens is 406 g/mol. The molecule has 7 nitrogen and oxygen atoms in total. The third-order valence-electron chi connectivity index (χ3n) is 7.09. The Morgan fingerprint density at radius 1 is 1.09 bits per heavy atom. The normalized spacial score (nSPS) is 20.1. The maximum atomic E-state index is 13.1. The van der Waals surface area contributed by atoms with Crippen LogP contribution in [0.15, 0.2) is 54.7 Å². The molecule has 0 unspecified atom stereocenters. The van der Waals surface area contributed by atoms with E-state index in [2.05, 4.69) is 11.2 Å². The zero-order chi connectivity index (χ0) is 21.9. The van der Waals surface area contributed by atoms with Crippen LogP contribution in [0.25, 0.3) is 11.3 Å². The van der Waals surface area contributed by atoms with Crippen molar-refractivity contribution >= 4 is 5.91 Å². The van der Waals surface area contributed by atoms with E-state index in [4.69, 9.17) is 9.47 Å². The lowest BCUT2D eigenvalue weighted by Crippen LogP contribution is -2.49. The second-order valence-electron chi connectivity index (χ2n) is 9.02. The average molecular weight is 434 g/mol. The Morgan fingerprint density at radius 3 is 2.50 bits per heavy atom. The zero-order valence-electron chi connectivity index (χ0n) is 18.0. The van der Waals surface area contributed by atoms with E-state index in [1.165, 1.54) is 0 Å². The number of carbonyl (C=O) groups excluding carboxylic acids is 1. The molecule has 2 saturated heterocycles. The van der Waals surface area contributed by atoms with Crippen LogP contribution in [0.2, 0.25) is 0 Å². The monoisotopic (exact) mass is 433 g/mol. The van der Waals surface area contributed by atoms with Gasteiger partial charge in [0.05, 0.1) is 25.1 Å². The number of amides is 1. The topological polar surface area (TPSA) is 76.8 Å². The summed E-state index contributed by atoms with van der Waals surface area (Å²) in [6.45, 7) is 1.81. The highest BCUT2D eigenvalue weighted by Gasteiger charge is 2.46. The molecule has 166 valence electrons. The lowest BCUT2D eigenvalue weighted by molar-refractivity contribution is -0.184. The Kier molecular flexibility index (Phi) is 4.22. The van der Waals surface area contributed by atoms with Crippen molar-refractivity contribution in [1.29, 1.82) is 0 Å². The van der Waals surface area contributed by atoms with Gasteiger partial charge in [0.25, 0.3) is 5.91 Å². The van der Waals surface area contributed by atoms with Crippen molar-refractivity contribution in [3.63, 3.8) is 0 Å². The molecule has 0 atom stereocenters. The molecule has 1 aromatic heterocycles. The molecule has 0 bridgehead atoms. The second-order valence-corrected chi connectivity index (χ2v) is 9.02. The number of aromatic nitrogens is 2. The molecule has 3 aromatic rings. The molecule has 0 saturated carbocycles. The standard InChI is InChI=1S/C25H25N3O4.H2/c1-27-22-19-4-2-3-5-21(19)32-25(20(22)14-26-27)10-12-28(13-11-25)23(29)17-6-8-18(9-7-17)24(30)15-31-16-24;/h2-9,14,30H,10-13,15-16H2,1H3;1H. The third kappa shape index (κ3) is 2.81. The first kappa shape index (κ1) is 19.5. The van der Waals surface area contributed by atoms with Gasteiger partial charge in [0.15, 0.2) is 0 Å². The van der Waals surface area contributed by atoms with Gasteiger partial charge in [-0.15, -0.1) is 0 Å². The van der Waals surface area contributed by atoms with Gasteiger partial charge >= 0.3 is 0 Å². The summed E-state index contributed by atoms with van der Waals surface area (Å²) in [6, 6.07) is 15.3. The largest absolute Gasteiger partial charge is 0.482 e. The summed E-state index contributed by atoms with van der Waals surface area (Å²) in [5, 5.41) is 14.9. The molecule has 32 heavy (non-hydrogen) atoms. The summed E-state index contributed by atoms with van der Waals surface area (Å²) >= 11 is 0. The first-order chi connectivity index (χ1) is 15.5. The summed E-state index contributed by atoms with van der Waals surface area (Å²) in [5.41, 5.74) is 3.29. The van der Waals surface area contributed by atoms with E-state index in [1.807, 2.05) is 53.2 Å². The first-order valence-electron chi connectivity index (χ1n) is 11.0. The Morgan fingerprint density at radius 2 is 1.81 bits per heavy atom. The third-order valence-corrected chi connectivity index (χ3v) is 7.09. The number of benzene rings is 2. The van der Waals surface area contributed by atoms with E-state index in [0.717, 1.165) is 28.1 Å². The number of aryl methyl sites for hydroxylation is 1. The molecule has 3 aliphatic heterocycles. The van der Waals surface area contributed by atoms with Crippen molar-refractivity contribution < 1.29 is 20.8 Å². The molecule has 6 rings (SSSR count). The van der Waals surface area contributed by atoms with Gasteiger partial charge < -0.3 is 19.5 Å². The van der Waals surface area contributed by atoms with Gasteiger partial charge in [-0.05, 0) is 29.8 Å². The van der Waals surface area contributed by atoms with E-state index < -0.39 is 11.2 Å². The minimum atomic E-state index is -0.922. The first-order valence-corrected chi connectivity index (χ1v) is 11.0. The highest BCUT2D eigenvalue weighted by molar-refractivity contribution is 5.94. The molecule has 1 amide bonds. The Labute approximate surface area is 187 Å². The van der Waals surface area contributed by atoms with Crippen LogP contribution in [0, 0.1) is 0 Å².